The monoisotopic (exact) mass is 209 g/mol. The summed E-state index contributed by atoms with van der Waals surface area (Å²) in [4.78, 5) is 6.38. The van der Waals surface area contributed by atoms with E-state index in [1.165, 1.54) is 0 Å². The van der Waals surface area contributed by atoms with Gasteiger partial charge in [-0.2, -0.15) is 0 Å². The first-order valence-corrected chi connectivity index (χ1v) is 5.09. The van der Waals surface area contributed by atoms with Gasteiger partial charge in [0.1, 0.15) is 0 Å². The number of aryl methyl sites for hydroxylation is 2. The minimum absolute atomic E-state index is 0.140. The number of anilines is 1. The van der Waals surface area contributed by atoms with Crippen LogP contribution in [0.4, 0.5) is 5.69 Å². The lowest BCUT2D eigenvalue weighted by Gasteiger charge is -2.22. The van der Waals surface area contributed by atoms with Crippen molar-refractivity contribution >= 4 is 5.69 Å². The third-order valence-corrected chi connectivity index (χ3v) is 2.49. The molecule has 4 heteroatoms. The largest absolute Gasteiger partial charge is 0.395 e. The highest BCUT2D eigenvalue weighted by molar-refractivity contribution is 5.55. The van der Waals surface area contributed by atoms with Gasteiger partial charge >= 0.3 is 0 Å². The van der Waals surface area contributed by atoms with Crippen LogP contribution in [0.3, 0.4) is 0 Å². The van der Waals surface area contributed by atoms with Crippen molar-refractivity contribution in [2.24, 2.45) is 5.73 Å². The van der Waals surface area contributed by atoms with Gasteiger partial charge in [0, 0.05) is 42.8 Å². The number of aliphatic hydroxyl groups is 1. The van der Waals surface area contributed by atoms with Crippen molar-refractivity contribution in [3.63, 3.8) is 0 Å². The van der Waals surface area contributed by atoms with Crippen LogP contribution in [0.25, 0.3) is 0 Å². The standard InChI is InChI=1S/C11H19N3O/c1-8-6-11(14(3)4-5-15)10(7-12)9(2)13-8/h6,15H,4-5,7,12H2,1-3H3. The highest BCUT2D eigenvalue weighted by Gasteiger charge is 2.10. The van der Waals surface area contributed by atoms with Crippen LogP contribution in [0.2, 0.25) is 0 Å². The quantitative estimate of drug-likeness (QED) is 0.761. The molecular weight excluding hydrogens is 190 g/mol. The van der Waals surface area contributed by atoms with Crippen molar-refractivity contribution in [1.29, 1.82) is 0 Å². The van der Waals surface area contributed by atoms with Crippen LogP contribution < -0.4 is 10.6 Å². The molecule has 1 aromatic rings. The van der Waals surface area contributed by atoms with E-state index in [9.17, 15) is 0 Å². The number of aliphatic hydroxyl groups excluding tert-OH is 1. The van der Waals surface area contributed by atoms with E-state index in [-0.39, 0.29) is 6.61 Å². The van der Waals surface area contributed by atoms with Gasteiger partial charge in [-0.15, -0.1) is 0 Å². The Morgan fingerprint density at radius 2 is 2.13 bits per heavy atom. The molecule has 1 rings (SSSR count). The first-order chi connectivity index (χ1) is 7.10. The first-order valence-electron chi connectivity index (χ1n) is 5.09. The average molecular weight is 209 g/mol. The lowest BCUT2D eigenvalue weighted by atomic mass is 10.1. The third kappa shape index (κ3) is 2.67. The maximum Gasteiger partial charge on any atom is 0.0606 e. The molecule has 0 spiro atoms. The van der Waals surface area contributed by atoms with Crippen LogP contribution in [0.15, 0.2) is 6.07 Å². The summed E-state index contributed by atoms with van der Waals surface area (Å²) in [5.74, 6) is 0. The molecule has 84 valence electrons. The van der Waals surface area contributed by atoms with Crippen LogP contribution in [-0.2, 0) is 6.54 Å². The summed E-state index contributed by atoms with van der Waals surface area (Å²) >= 11 is 0. The van der Waals surface area contributed by atoms with Crippen molar-refractivity contribution in [3.8, 4) is 0 Å². The minimum atomic E-state index is 0.140. The second kappa shape index (κ2) is 5.09. The second-order valence-corrected chi connectivity index (χ2v) is 3.70. The maximum atomic E-state index is 8.91. The number of nitrogens with two attached hydrogens (primary N) is 1. The van der Waals surface area contributed by atoms with Gasteiger partial charge in [-0.05, 0) is 19.9 Å². The summed E-state index contributed by atoms with van der Waals surface area (Å²) < 4.78 is 0. The Kier molecular flexibility index (Phi) is 4.05. The molecule has 1 heterocycles. The Morgan fingerprint density at radius 1 is 1.47 bits per heavy atom. The molecule has 0 atom stereocenters. The van der Waals surface area contributed by atoms with Gasteiger partial charge in [0.2, 0.25) is 0 Å². The average Bonchev–Trinajstić information content (AvgIpc) is 2.17. The van der Waals surface area contributed by atoms with Crippen LogP contribution in [-0.4, -0.2) is 30.3 Å². The SMILES string of the molecule is Cc1cc(N(C)CCO)c(CN)c(C)n1. The molecule has 0 aliphatic carbocycles. The molecule has 4 nitrogen and oxygen atoms in total. The molecule has 0 bridgehead atoms. The number of rotatable bonds is 4. The van der Waals surface area contributed by atoms with E-state index in [0.717, 1.165) is 22.6 Å². The van der Waals surface area contributed by atoms with E-state index in [1.54, 1.807) is 0 Å². The van der Waals surface area contributed by atoms with Crippen molar-refractivity contribution in [1.82, 2.24) is 4.98 Å². The topological polar surface area (TPSA) is 62.4 Å². The molecule has 0 aliphatic rings. The van der Waals surface area contributed by atoms with Crippen LogP contribution >= 0.6 is 0 Å². The predicted molar refractivity (Wildman–Crippen MR) is 62.0 cm³/mol. The summed E-state index contributed by atoms with van der Waals surface area (Å²) in [5.41, 5.74) is 9.77. The highest BCUT2D eigenvalue weighted by atomic mass is 16.3. The van der Waals surface area contributed by atoms with E-state index in [2.05, 4.69) is 4.98 Å². The van der Waals surface area contributed by atoms with Crippen LogP contribution in [0.1, 0.15) is 17.0 Å². The van der Waals surface area contributed by atoms with E-state index >= 15 is 0 Å². The molecule has 0 aromatic carbocycles. The summed E-state index contributed by atoms with van der Waals surface area (Å²) in [5, 5.41) is 8.91. The zero-order valence-corrected chi connectivity index (χ0v) is 9.62. The van der Waals surface area contributed by atoms with E-state index < -0.39 is 0 Å². The molecule has 15 heavy (non-hydrogen) atoms. The van der Waals surface area contributed by atoms with Crippen LogP contribution in [0.5, 0.6) is 0 Å². The summed E-state index contributed by atoms with van der Waals surface area (Å²) in [6, 6.07) is 2.00. The molecule has 0 saturated carbocycles. The minimum Gasteiger partial charge on any atom is -0.395 e. The van der Waals surface area contributed by atoms with Crippen LogP contribution in [0, 0.1) is 13.8 Å². The lowest BCUT2D eigenvalue weighted by molar-refractivity contribution is 0.304. The summed E-state index contributed by atoms with van der Waals surface area (Å²) in [6.45, 7) is 5.15. The van der Waals surface area contributed by atoms with Crippen molar-refractivity contribution < 1.29 is 5.11 Å². The van der Waals surface area contributed by atoms with Gasteiger partial charge in [-0.25, -0.2) is 0 Å². The normalized spacial score (nSPS) is 10.5. The van der Waals surface area contributed by atoms with Gasteiger partial charge < -0.3 is 15.7 Å². The van der Waals surface area contributed by atoms with Gasteiger partial charge in [-0.3, -0.25) is 4.98 Å². The van der Waals surface area contributed by atoms with Gasteiger partial charge in [-0.1, -0.05) is 0 Å². The number of nitrogens with zero attached hydrogens (tertiary/aromatic N) is 2. The Balaban J connectivity index is 3.13. The smallest absolute Gasteiger partial charge is 0.0606 e. The molecule has 0 fully saturated rings. The number of likely N-dealkylation sites (N-methyl/N-ethyl adjacent to an activating group) is 1. The molecule has 0 aliphatic heterocycles. The maximum absolute atomic E-state index is 8.91. The van der Waals surface area contributed by atoms with Crippen molar-refractivity contribution in [3.05, 3.63) is 23.0 Å². The molecule has 0 amide bonds. The Morgan fingerprint density at radius 3 is 2.67 bits per heavy atom. The van der Waals surface area contributed by atoms with E-state index in [4.69, 9.17) is 10.8 Å². The molecule has 3 N–H and O–H groups in total. The van der Waals surface area contributed by atoms with Crippen molar-refractivity contribution in [2.75, 3.05) is 25.1 Å². The Labute approximate surface area is 90.7 Å². The number of hydrogen-bond acceptors (Lipinski definition) is 4. The number of aromatic nitrogens is 1. The number of pyridine rings is 1. The first kappa shape index (κ1) is 11.9. The highest BCUT2D eigenvalue weighted by Crippen LogP contribution is 2.22. The zero-order chi connectivity index (χ0) is 11.4. The Hall–Kier alpha value is -1.13. The van der Waals surface area contributed by atoms with Crippen molar-refractivity contribution in [2.45, 2.75) is 20.4 Å². The lowest BCUT2D eigenvalue weighted by Crippen LogP contribution is -2.24. The Bertz CT molecular complexity index is 339. The fourth-order valence-electron chi connectivity index (χ4n) is 1.70. The second-order valence-electron chi connectivity index (χ2n) is 3.70. The fourth-order valence-corrected chi connectivity index (χ4v) is 1.70. The predicted octanol–water partition coefficient (Wildman–Crippen LogP) is 0.586. The van der Waals surface area contributed by atoms with Gasteiger partial charge in [0.15, 0.2) is 0 Å². The third-order valence-electron chi connectivity index (χ3n) is 2.49. The van der Waals surface area contributed by atoms with E-state index in [1.807, 2.05) is 31.9 Å². The molecule has 0 radical (unpaired) electrons. The fraction of sp³-hybridized carbons (Fsp3) is 0.545. The number of hydrogen-bond donors (Lipinski definition) is 2. The molecule has 0 unspecified atom stereocenters. The molecule has 1 aromatic heterocycles. The summed E-state index contributed by atoms with van der Waals surface area (Å²) in [6.07, 6.45) is 0. The van der Waals surface area contributed by atoms with Gasteiger partial charge in [0.25, 0.3) is 0 Å². The zero-order valence-electron chi connectivity index (χ0n) is 9.62. The molecular formula is C11H19N3O. The van der Waals surface area contributed by atoms with Gasteiger partial charge in [0.05, 0.1) is 6.61 Å². The van der Waals surface area contributed by atoms with E-state index in [0.29, 0.717) is 13.1 Å². The summed E-state index contributed by atoms with van der Waals surface area (Å²) in [7, 11) is 1.95. The molecule has 0 saturated heterocycles.